The number of carbonyl (C=O) groups excluding carboxylic acids is 1. The third-order valence-corrected chi connectivity index (χ3v) is 5.97. The van der Waals surface area contributed by atoms with Crippen molar-refractivity contribution in [1.82, 2.24) is 19.7 Å². The Hall–Kier alpha value is -4.29. The fraction of sp³-hybridized carbons (Fsp3) is 0.0870. The van der Waals surface area contributed by atoms with Crippen molar-refractivity contribution >= 4 is 29.0 Å². The summed E-state index contributed by atoms with van der Waals surface area (Å²) in [6, 6.07) is 18.0. The van der Waals surface area contributed by atoms with Gasteiger partial charge in [-0.25, -0.2) is 9.67 Å². The molecule has 0 bridgehead atoms. The third kappa shape index (κ3) is 3.53. The van der Waals surface area contributed by atoms with E-state index in [4.69, 9.17) is 5.10 Å². The van der Waals surface area contributed by atoms with E-state index in [1.54, 1.807) is 46.5 Å². The average molecular weight is 440 g/mol. The molecule has 8 nitrogen and oxygen atoms in total. The largest absolute Gasteiger partial charge is 0.328 e. The van der Waals surface area contributed by atoms with Crippen LogP contribution < -0.4 is 10.6 Å². The second-order valence-corrected chi connectivity index (χ2v) is 8.10. The summed E-state index contributed by atoms with van der Waals surface area (Å²) in [6.07, 6.45) is 1.62. The summed E-state index contributed by atoms with van der Waals surface area (Å²) in [5, 5.41) is 22.0. The molecule has 2 N–H and O–H groups in total. The van der Waals surface area contributed by atoms with E-state index < -0.39 is 6.04 Å². The van der Waals surface area contributed by atoms with Gasteiger partial charge < -0.3 is 10.6 Å². The van der Waals surface area contributed by atoms with Crippen molar-refractivity contribution < 1.29 is 4.79 Å². The fourth-order valence-electron chi connectivity index (χ4n) is 3.62. The molecule has 32 heavy (non-hydrogen) atoms. The Kier molecular flexibility index (Phi) is 4.97. The highest BCUT2D eigenvalue weighted by Crippen LogP contribution is 2.37. The highest BCUT2D eigenvalue weighted by Gasteiger charge is 2.34. The van der Waals surface area contributed by atoms with Crippen LogP contribution in [0.15, 0.2) is 77.4 Å². The molecule has 1 amide bonds. The van der Waals surface area contributed by atoms with Crippen LogP contribution in [0, 0.1) is 11.3 Å². The van der Waals surface area contributed by atoms with Crippen LogP contribution in [0.4, 0.5) is 11.8 Å². The van der Waals surface area contributed by atoms with Gasteiger partial charge in [-0.15, -0.1) is 16.4 Å². The van der Waals surface area contributed by atoms with Crippen molar-refractivity contribution in [3.05, 3.63) is 88.6 Å². The first-order valence-corrected chi connectivity index (χ1v) is 10.7. The smallest absolute Gasteiger partial charge is 0.257 e. The standard InChI is InChI=1S/C23H17N7OS/c1-14-19(22(31)27-18-6-2-3-11-25-18)20(16-9-7-15(13-24)8-10-16)30-23(26-14)28-21(29-30)17-5-4-12-32-17/h2-12,20H,1H3,(H,25,27,31)(H,26,28,29). The van der Waals surface area contributed by atoms with Gasteiger partial charge in [-0.2, -0.15) is 10.2 Å². The number of pyridine rings is 1. The molecule has 156 valence electrons. The van der Waals surface area contributed by atoms with E-state index in [-0.39, 0.29) is 5.91 Å². The summed E-state index contributed by atoms with van der Waals surface area (Å²) in [7, 11) is 0. The number of rotatable bonds is 4. The quantitative estimate of drug-likeness (QED) is 0.493. The second-order valence-electron chi connectivity index (χ2n) is 7.15. The average Bonchev–Trinajstić information content (AvgIpc) is 3.49. The predicted molar refractivity (Wildman–Crippen MR) is 122 cm³/mol. The number of nitrogens with one attached hydrogen (secondary N) is 2. The lowest BCUT2D eigenvalue weighted by Gasteiger charge is -2.28. The van der Waals surface area contributed by atoms with Gasteiger partial charge in [0.05, 0.1) is 22.1 Å². The molecule has 1 aliphatic rings. The van der Waals surface area contributed by atoms with E-state index in [1.807, 2.05) is 42.6 Å². The van der Waals surface area contributed by atoms with Crippen LogP contribution in [0.5, 0.6) is 0 Å². The van der Waals surface area contributed by atoms with Crippen LogP contribution in [0.2, 0.25) is 0 Å². The van der Waals surface area contributed by atoms with Crippen molar-refractivity contribution in [1.29, 1.82) is 5.26 Å². The van der Waals surface area contributed by atoms with Crippen LogP contribution in [0.1, 0.15) is 24.1 Å². The summed E-state index contributed by atoms with van der Waals surface area (Å²) in [6.45, 7) is 1.84. The monoisotopic (exact) mass is 439 g/mol. The summed E-state index contributed by atoms with van der Waals surface area (Å²) in [5.41, 5.74) is 2.53. The van der Waals surface area contributed by atoms with Crippen molar-refractivity contribution in [3.63, 3.8) is 0 Å². The van der Waals surface area contributed by atoms with E-state index in [2.05, 4.69) is 26.7 Å². The molecular formula is C23H17N7OS. The lowest BCUT2D eigenvalue weighted by Crippen LogP contribution is -2.31. The maximum atomic E-state index is 13.4. The predicted octanol–water partition coefficient (Wildman–Crippen LogP) is 4.20. The Bertz CT molecular complexity index is 1350. The lowest BCUT2D eigenvalue weighted by atomic mass is 9.94. The highest BCUT2D eigenvalue weighted by atomic mass is 32.1. The molecule has 9 heteroatoms. The number of aromatic nitrogens is 4. The van der Waals surface area contributed by atoms with E-state index in [0.29, 0.717) is 34.4 Å². The number of hydrogen-bond acceptors (Lipinski definition) is 7. The first kappa shape index (κ1) is 19.7. The van der Waals surface area contributed by atoms with Gasteiger partial charge >= 0.3 is 0 Å². The summed E-state index contributed by atoms with van der Waals surface area (Å²) < 4.78 is 1.72. The van der Waals surface area contributed by atoms with Crippen LogP contribution >= 0.6 is 11.3 Å². The van der Waals surface area contributed by atoms with E-state index in [9.17, 15) is 10.1 Å². The molecule has 1 unspecified atom stereocenters. The molecule has 0 spiro atoms. The van der Waals surface area contributed by atoms with Gasteiger partial charge in [0, 0.05) is 11.9 Å². The van der Waals surface area contributed by atoms with Gasteiger partial charge in [0.2, 0.25) is 5.95 Å². The zero-order valence-corrected chi connectivity index (χ0v) is 17.8. The van der Waals surface area contributed by atoms with Gasteiger partial charge in [0.25, 0.3) is 5.91 Å². The SMILES string of the molecule is CC1=C(C(=O)Nc2ccccn2)C(c2ccc(C#N)cc2)n2nc(-c3cccs3)nc2N1. The minimum absolute atomic E-state index is 0.290. The highest BCUT2D eigenvalue weighted by molar-refractivity contribution is 7.13. The number of amides is 1. The second kappa shape index (κ2) is 8.09. The van der Waals surface area contributed by atoms with Crippen molar-refractivity contribution in [3.8, 4) is 16.8 Å². The zero-order valence-electron chi connectivity index (χ0n) is 17.0. The number of nitriles is 1. The van der Waals surface area contributed by atoms with Crippen molar-refractivity contribution in [2.45, 2.75) is 13.0 Å². The molecule has 1 aliphatic heterocycles. The summed E-state index contributed by atoms with van der Waals surface area (Å²) >= 11 is 1.55. The van der Waals surface area contributed by atoms with Crippen LogP contribution in [-0.2, 0) is 4.79 Å². The fourth-order valence-corrected chi connectivity index (χ4v) is 4.28. The molecule has 0 fully saturated rings. The molecule has 0 saturated carbocycles. The normalized spacial score (nSPS) is 14.9. The number of hydrogen-bond donors (Lipinski definition) is 2. The Labute approximate surface area is 187 Å². The number of benzene rings is 1. The third-order valence-electron chi connectivity index (χ3n) is 5.10. The Morgan fingerprint density at radius 2 is 2.03 bits per heavy atom. The molecule has 4 aromatic rings. The van der Waals surface area contributed by atoms with E-state index in [1.165, 1.54) is 0 Å². The van der Waals surface area contributed by atoms with Crippen molar-refractivity contribution in [2.24, 2.45) is 0 Å². The molecular weight excluding hydrogens is 422 g/mol. The topological polar surface area (TPSA) is 109 Å². The van der Waals surface area contributed by atoms with Gasteiger partial charge in [0.15, 0.2) is 5.82 Å². The van der Waals surface area contributed by atoms with Crippen LogP contribution in [-0.4, -0.2) is 25.7 Å². The lowest BCUT2D eigenvalue weighted by molar-refractivity contribution is -0.113. The first-order valence-electron chi connectivity index (χ1n) is 9.84. The maximum Gasteiger partial charge on any atom is 0.257 e. The Morgan fingerprint density at radius 3 is 2.72 bits per heavy atom. The van der Waals surface area contributed by atoms with Crippen LogP contribution in [0.3, 0.4) is 0 Å². The molecule has 1 aromatic carbocycles. The number of anilines is 2. The summed E-state index contributed by atoms with van der Waals surface area (Å²) in [5.74, 6) is 1.30. The molecule has 5 rings (SSSR count). The molecule has 0 aliphatic carbocycles. The molecule has 0 radical (unpaired) electrons. The van der Waals surface area contributed by atoms with Gasteiger partial charge in [-0.05, 0) is 48.2 Å². The molecule has 0 saturated heterocycles. The number of allylic oxidation sites excluding steroid dienone is 1. The van der Waals surface area contributed by atoms with E-state index in [0.717, 1.165) is 10.4 Å². The number of thiophene rings is 1. The van der Waals surface area contributed by atoms with Crippen LogP contribution in [0.25, 0.3) is 10.7 Å². The Morgan fingerprint density at radius 1 is 1.19 bits per heavy atom. The van der Waals surface area contributed by atoms with Gasteiger partial charge in [-0.1, -0.05) is 24.3 Å². The minimum Gasteiger partial charge on any atom is -0.328 e. The van der Waals surface area contributed by atoms with Crippen molar-refractivity contribution in [2.75, 3.05) is 10.6 Å². The molecule has 1 atom stereocenters. The zero-order chi connectivity index (χ0) is 22.1. The Balaban J connectivity index is 1.61. The first-order chi connectivity index (χ1) is 15.6. The molecule has 4 heterocycles. The summed E-state index contributed by atoms with van der Waals surface area (Å²) in [4.78, 5) is 23.2. The van der Waals surface area contributed by atoms with Gasteiger partial charge in [-0.3, -0.25) is 4.79 Å². The number of carbonyl (C=O) groups is 1. The van der Waals surface area contributed by atoms with E-state index >= 15 is 0 Å². The minimum atomic E-state index is -0.524. The van der Waals surface area contributed by atoms with Gasteiger partial charge in [0.1, 0.15) is 11.9 Å². The number of fused-ring (bicyclic) bond motifs is 1. The number of nitrogens with zero attached hydrogens (tertiary/aromatic N) is 5. The molecule has 3 aromatic heterocycles. The maximum absolute atomic E-state index is 13.4.